The number of hydrogen-bond donors (Lipinski definition) is 2. The van der Waals surface area contributed by atoms with Gasteiger partial charge in [0.1, 0.15) is 5.01 Å². The van der Waals surface area contributed by atoms with Gasteiger partial charge in [0.15, 0.2) is 5.69 Å². The zero-order valence-electron chi connectivity index (χ0n) is 11.1. The number of rotatable bonds is 4. The highest BCUT2D eigenvalue weighted by Gasteiger charge is 2.20. The van der Waals surface area contributed by atoms with E-state index in [1.807, 2.05) is 31.2 Å². The van der Waals surface area contributed by atoms with Crippen molar-refractivity contribution in [3.05, 3.63) is 45.9 Å². The number of benzene rings is 1. The number of aromatic nitrogens is 1. The van der Waals surface area contributed by atoms with Gasteiger partial charge in [0.2, 0.25) is 5.91 Å². The molecule has 0 spiro atoms. The minimum absolute atomic E-state index is 0.0278. The van der Waals surface area contributed by atoms with Gasteiger partial charge < -0.3 is 10.4 Å². The summed E-state index contributed by atoms with van der Waals surface area (Å²) in [5, 5.41) is 13.5. The van der Waals surface area contributed by atoms with Crippen LogP contribution in [0.5, 0.6) is 0 Å². The van der Waals surface area contributed by atoms with Gasteiger partial charge in [-0.05, 0) is 26.0 Å². The molecule has 1 aromatic carbocycles. The van der Waals surface area contributed by atoms with Crippen LogP contribution in [0.1, 0.15) is 33.9 Å². The second kappa shape index (κ2) is 5.83. The van der Waals surface area contributed by atoms with E-state index in [0.717, 1.165) is 5.56 Å². The lowest BCUT2D eigenvalue weighted by molar-refractivity contribution is -0.117. The number of amides is 1. The molecule has 2 N–H and O–H groups in total. The van der Waals surface area contributed by atoms with Gasteiger partial charge in [-0.15, -0.1) is 11.3 Å². The predicted molar refractivity (Wildman–Crippen MR) is 77.3 cm³/mol. The molecule has 2 rings (SSSR count). The third kappa shape index (κ3) is 3.21. The Balaban J connectivity index is 2.07. The van der Waals surface area contributed by atoms with Gasteiger partial charge in [0.05, 0.1) is 5.92 Å². The van der Waals surface area contributed by atoms with E-state index in [0.29, 0.717) is 10.7 Å². The molecule has 0 bridgehead atoms. The maximum absolute atomic E-state index is 12.1. The summed E-state index contributed by atoms with van der Waals surface area (Å²) in [5.74, 6) is -1.78. The molecule has 0 radical (unpaired) electrons. The summed E-state index contributed by atoms with van der Waals surface area (Å²) >= 11 is 1.17. The van der Waals surface area contributed by atoms with Crippen molar-refractivity contribution >= 4 is 28.9 Å². The van der Waals surface area contributed by atoms with Crippen LogP contribution in [0.25, 0.3) is 0 Å². The van der Waals surface area contributed by atoms with Crippen molar-refractivity contribution < 1.29 is 14.7 Å². The summed E-state index contributed by atoms with van der Waals surface area (Å²) in [4.78, 5) is 26.8. The van der Waals surface area contributed by atoms with E-state index in [1.165, 1.54) is 16.7 Å². The zero-order valence-corrected chi connectivity index (χ0v) is 11.9. The molecule has 0 aliphatic carbocycles. The highest BCUT2D eigenvalue weighted by Crippen LogP contribution is 2.22. The van der Waals surface area contributed by atoms with Crippen LogP contribution in [0.4, 0.5) is 5.69 Å². The number of carbonyl (C=O) groups excluding carboxylic acids is 1. The van der Waals surface area contributed by atoms with Gasteiger partial charge in [-0.1, -0.05) is 17.7 Å². The van der Waals surface area contributed by atoms with Gasteiger partial charge in [-0.25, -0.2) is 9.78 Å². The Morgan fingerprint density at radius 3 is 2.50 bits per heavy atom. The van der Waals surface area contributed by atoms with Gasteiger partial charge in [-0.2, -0.15) is 0 Å². The van der Waals surface area contributed by atoms with Crippen LogP contribution in [0.3, 0.4) is 0 Å². The summed E-state index contributed by atoms with van der Waals surface area (Å²) < 4.78 is 0. The number of anilines is 1. The first kappa shape index (κ1) is 14.2. The normalized spacial score (nSPS) is 11.9. The minimum Gasteiger partial charge on any atom is -0.476 e. The molecule has 0 fully saturated rings. The fourth-order valence-corrected chi connectivity index (χ4v) is 2.43. The van der Waals surface area contributed by atoms with Crippen LogP contribution in [-0.4, -0.2) is 22.0 Å². The van der Waals surface area contributed by atoms with Gasteiger partial charge >= 0.3 is 5.97 Å². The molecule has 1 aromatic heterocycles. The van der Waals surface area contributed by atoms with Crippen LogP contribution in [0, 0.1) is 6.92 Å². The van der Waals surface area contributed by atoms with Crippen molar-refractivity contribution in [2.24, 2.45) is 0 Å². The highest BCUT2D eigenvalue weighted by molar-refractivity contribution is 7.10. The Morgan fingerprint density at radius 1 is 1.30 bits per heavy atom. The maximum Gasteiger partial charge on any atom is 0.355 e. The van der Waals surface area contributed by atoms with E-state index < -0.39 is 11.9 Å². The molecule has 104 valence electrons. The van der Waals surface area contributed by atoms with Crippen LogP contribution >= 0.6 is 11.3 Å². The molecule has 0 aliphatic rings. The first-order valence-corrected chi connectivity index (χ1v) is 6.91. The monoisotopic (exact) mass is 290 g/mol. The van der Waals surface area contributed by atoms with Crippen molar-refractivity contribution in [2.45, 2.75) is 19.8 Å². The molecule has 6 heteroatoms. The molecular weight excluding hydrogens is 276 g/mol. The topological polar surface area (TPSA) is 79.3 Å². The summed E-state index contributed by atoms with van der Waals surface area (Å²) in [6, 6.07) is 7.47. The van der Waals surface area contributed by atoms with Crippen LogP contribution in [0.2, 0.25) is 0 Å². The molecular formula is C14H14N2O3S. The molecule has 1 heterocycles. The summed E-state index contributed by atoms with van der Waals surface area (Å²) in [7, 11) is 0. The van der Waals surface area contributed by atoms with E-state index >= 15 is 0 Å². The highest BCUT2D eigenvalue weighted by atomic mass is 32.1. The van der Waals surface area contributed by atoms with E-state index in [4.69, 9.17) is 5.11 Å². The summed E-state index contributed by atoms with van der Waals surface area (Å²) in [6.07, 6.45) is 0. The number of nitrogens with one attached hydrogen (secondary N) is 1. The van der Waals surface area contributed by atoms with Crippen molar-refractivity contribution in [3.8, 4) is 0 Å². The molecule has 0 saturated carbocycles. The van der Waals surface area contributed by atoms with Gasteiger partial charge in [0, 0.05) is 11.1 Å². The maximum atomic E-state index is 12.1. The first-order chi connectivity index (χ1) is 9.47. The predicted octanol–water partition coefficient (Wildman–Crippen LogP) is 2.89. The fourth-order valence-electron chi connectivity index (χ4n) is 1.58. The van der Waals surface area contributed by atoms with Crippen LogP contribution in [-0.2, 0) is 4.79 Å². The van der Waals surface area contributed by atoms with Crippen molar-refractivity contribution in [2.75, 3.05) is 5.32 Å². The Kier molecular flexibility index (Phi) is 4.14. The number of nitrogens with zero attached hydrogens (tertiary/aromatic N) is 1. The molecule has 5 nitrogen and oxygen atoms in total. The average molecular weight is 290 g/mol. The molecule has 1 amide bonds. The first-order valence-electron chi connectivity index (χ1n) is 6.03. The largest absolute Gasteiger partial charge is 0.476 e. The third-order valence-electron chi connectivity index (χ3n) is 2.82. The fraction of sp³-hybridized carbons (Fsp3) is 0.214. The number of thiazole rings is 1. The average Bonchev–Trinajstić information content (AvgIpc) is 2.90. The lowest BCUT2D eigenvalue weighted by Gasteiger charge is -2.09. The molecule has 20 heavy (non-hydrogen) atoms. The Bertz CT molecular complexity index is 634. The Morgan fingerprint density at radius 2 is 1.95 bits per heavy atom. The van der Waals surface area contributed by atoms with Crippen molar-refractivity contribution in [1.29, 1.82) is 0 Å². The second-order valence-corrected chi connectivity index (χ2v) is 5.34. The van der Waals surface area contributed by atoms with E-state index in [1.54, 1.807) is 6.92 Å². The van der Waals surface area contributed by atoms with Gasteiger partial charge in [-0.3, -0.25) is 4.79 Å². The van der Waals surface area contributed by atoms with E-state index in [-0.39, 0.29) is 11.6 Å². The summed E-state index contributed by atoms with van der Waals surface area (Å²) in [5.41, 5.74) is 1.80. The number of carboxylic acid groups (broad SMARTS) is 1. The summed E-state index contributed by atoms with van der Waals surface area (Å²) in [6.45, 7) is 3.67. The lowest BCUT2D eigenvalue weighted by Crippen LogP contribution is -2.18. The zero-order chi connectivity index (χ0) is 14.7. The quantitative estimate of drug-likeness (QED) is 0.907. The van der Waals surface area contributed by atoms with Crippen molar-refractivity contribution in [1.82, 2.24) is 4.98 Å². The number of hydrogen-bond acceptors (Lipinski definition) is 4. The van der Waals surface area contributed by atoms with Gasteiger partial charge in [0.25, 0.3) is 0 Å². The van der Waals surface area contributed by atoms with Crippen LogP contribution < -0.4 is 5.32 Å². The molecule has 2 aromatic rings. The number of aromatic carboxylic acids is 1. The Labute approximate surface area is 120 Å². The standard InChI is InChI=1S/C14H14N2O3S/c1-8-3-5-10(6-4-8)15-12(17)9(2)13-16-11(7-20-13)14(18)19/h3-7,9H,1-2H3,(H,15,17)(H,18,19). The molecule has 1 unspecified atom stereocenters. The lowest BCUT2D eigenvalue weighted by atomic mass is 10.1. The number of aryl methyl sites for hydroxylation is 1. The smallest absolute Gasteiger partial charge is 0.355 e. The van der Waals surface area contributed by atoms with E-state index in [9.17, 15) is 9.59 Å². The minimum atomic E-state index is -1.08. The van der Waals surface area contributed by atoms with E-state index in [2.05, 4.69) is 10.3 Å². The van der Waals surface area contributed by atoms with Crippen LogP contribution in [0.15, 0.2) is 29.6 Å². The second-order valence-electron chi connectivity index (χ2n) is 4.45. The van der Waals surface area contributed by atoms with Crippen molar-refractivity contribution in [3.63, 3.8) is 0 Å². The third-order valence-corrected chi connectivity index (χ3v) is 3.85. The number of carboxylic acids is 1. The molecule has 1 atom stereocenters. The Hall–Kier alpha value is -2.21. The SMILES string of the molecule is Cc1ccc(NC(=O)C(C)c2nc(C(=O)O)cs2)cc1. The molecule has 0 aliphatic heterocycles. The molecule has 0 saturated heterocycles. The number of carbonyl (C=O) groups is 2.